The van der Waals surface area contributed by atoms with Crippen molar-refractivity contribution in [3.8, 4) is 11.6 Å². The number of ether oxygens (including phenoxy) is 1. The molecule has 1 aromatic carbocycles. The molecule has 2 aromatic rings. The number of halogens is 2. The van der Waals surface area contributed by atoms with Crippen LogP contribution in [0.5, 0.6) is 11.6 Å². The van der Waals surface area contributed by atoms with Crippen LogP contribution < -0.4 is 10.1 Å². The van der Waals surface area contributed by atoms with Crippen molar-refractivity contribution in [3.05, 3.63) is 51.0 Å². The first-order valence-corrected chi connectivity index (χ1v) is 8.51. The molecule has 0 aliphatic carbocycles. The van der Waals surface area contributed by atoms with Crippen molar-refractivity contribution in [2.75, 3.05) is 6.54 Å². The summed E-state index contributed by atoms with van der Waals surface area (Å²) in [5.74, 6) is 1.39. The number of pyridine rings is 1. The zero-order valence-electron chi connectivity index (χ0n) is 12.1. The lowest BCUT2D eigenvalue weighted by molar-refractivity contribution is 0.440. The SMILES string of the molecule is CCCNC(C)c1cccnc1Oc1ccc(Br)cc1Br. The summed E-state index contributed by atoms with van der Waals surface area (Å²) in [4.78, 5) is 4.37. The first kappa shape index (κ1) is 16.5. The number of aromatic nitrogens is 1. The van der Waals surface area contributed by atoms with Gasteiger partial charge in [0.15, 0.2) is 0 Å². The summed E-state index contributed by atoms with van der Waals surface area (Å²) in [6.07, 6.45) is 2.84. The molecule has 21 heavy (non-hydrogen) atoms. The van der Waals surface area contributed by atoms with Crippen LogP contribution in [0.15, 0.2) is 45.5 Å². The summed E-state index contributed by atoms with van der Waals surface area (Å²) in [7, 11) is 0. The average molecular weight is 414 g/mol. The molecular formula is C16H18Br2N2O. The maximum absolute atomic E-state index is 5.98. The van der Waals surface area contributed by atoms with Gasteiger partial charge in [-0.3, -0.25) is 0 Å². The molecule has 1 atom stereocenters. The molecule has 0 aliphatic heterocycles. The van der Waals surface area contributed by atoms with E-state index in [-0.39, 0.29) is 6.04 Å². The molecule has 0 amide bonds. The van der Waals surface area contributed by atoms with E-state index >= 15 is 0 Å². The number of hydrogen-bond donors (Lipinski definition) is 1. The third-order valence-electron chi connectivity index (χ3n) is 3.07. The van der Waals surface area contributed by atoms with E-state index in [2.05, 4.69) is 56.0 Å². The second-order valence-electron chi connectivity index (χ2n) is 4.75. The lowest BCUT2D eigenvalue weighted by atomic mass is 10.1. The maximum Gasteiger partial charge on any atom is 0.224 e. The first-order valence-electron chi connectivity index (χ1n) is 6.93. The minimum atomic E-state index is 0.197. The lowest BCUT2D eigenvalue weighted by Crippen LogP contribution is -2.20. The van der Waals surface area contributed by atoms with Crippen LogP contribution in [-0.4, -0.2) is 11.5 Å². The summed E-state index contributed by atoms with van der Waals surface area (Å²) in [6, 6.07) is 9.99. The van der Waals surface area contributed by atoms with Gasteiger partial charge in [-0.25, -0.2) is 4.98 Å². The minimum absolute atomic E-state index is 0.197. The largest absolute Gasteiger partial charge is 0.437 e. The van der Waals surface area contributed by atoms with E-state index in [1.54, 1.807) is 6.20 Å². The van der Waals surface area contributed by atoms with Crippen LogP contribution in [0.3, 0.4) is 0 Å². The van der Waals surface area contributed by atoms with Crippen LogP contribution in [0.1, 0.15) is 31.9 Å². The Labute approximate surface area is 142 Å². The second-order valence-corrected chi connectivity index (χ2v) is 6.52. The van der Waals surface area contributed by atoms with Crippen LogP contribution in [0.2, 0.25) is 0 Å². The molecule has 1 heterocycles. The van der Waals surface area contributed by atoms with Crippen molar-refractivity contribution < 1.29 is 4.74 Å². The number of benzene rings is 1. The van der Waals surface area contributed by atoms with Gasteiger partial charge in [-0.2, -0.15) is 0 Å². The Morgan fingerprint density at radius 2 is 2.10 bits per heavy atom. The summed E-state index contributed by atoms with van der Waals surface area (Å²) >= 11 is 6.95. The van der Waals surface area contributed by atoms with Gasteiger partial charge in [0.25, 0.3) is 0 Å². The summed E-state index contributed by atoms with van der Waals surface area (Å²) in [5, 5.41) is 3.46. The normalized spacial score (nSPS) is 12.2. The van der Waals surface area contributed by atoms with E-state index in [4.69, 9.17) is 4.74 Å². The predicted molar refractivity (Wildman–Crippen MR) is 92.9 cm³/mol. The molecule has 0 saturated carbocycles. The Kier molecular flexibility index (Phi) is 6.21. The van der Waals surface area contributed by atoms with E-state index in [1.165, 1.54) is 0 Å². The van der Waals surface area contributed by atoms with Gasteiger partial charge in [0.05, 0.1) is 4.47 Å². The first-order chi connectivity index (χ1) is 10.1. The zero-order valence-corrected chi connectivity index (χ0v) is 15.2. The Bertz CT molecular complexity index is 605. The van der Waals surface area contributed by atoms with Crippen LogP contribution in [0, 0.1) is 0 Å². The average Bonchev–Trinajstić information content (AvgIpc) is 2.48. The minimum Gasteiger partial charge on any atom is -0.437 e. The van der Waals surface area contributed by atoms with E-state index < -0.39 is 0 Å². The predicted octanol–water partition coefficient (Wildman–Crippen LogP) is 5.46. The fourth-order valence-electron chi connectivity index (χ4n) is 1.95. The topological polar surface area (TPSA) is 34.2 Å². The molecule has 1 unspecified atom stereocenters. The van der Waals surface area contributed by atoms with Crippen molar-refractivity contribution in [1.29, 1.82) is 0 Å². The van der Waals surface area contributed by atoms with Crippen molar-refractivity contribution in [3.63, 3.8) is 0 Å². The molecule has 0 radical (unpaired) electrons. The Morgan fingerprint density at radius 3 is 2.81 bits per heavy atom. The van der Waals surface area contributed by atoms with Gasteiger partial charge in [-0.05, 0) is 60.1 Å². The molecular weight excluding hydrogens is 396 g/mol. The summed E-state index contributed by atoms with van der Waals surface area (Å²) in [6.45, 7) is 5.24. The van der Waals surface area contributed by atoms with Gasteiger partial charge in [0.1, 0.15) is 5.75 Å². The zero-order chi connectivity index (χ0) is 15.2. The number of nitrogens with zero attached hydrogens (tertiary/aromatic N) is 1. The molecule has 1 N–H and O–H groups in total. The molecule has 0 bridgehead atoms. The van der Waals surface area contributed by atoms with Crippen LogP contribution in [0.25, 0.3) is 0 Å². The van der Waals surface area contributed by atoms with Crippen molar-refractivity contribution in [1.82, 2.24) is 10.3 Å². The van der Waals surface area contributed by atoms with E-state index in [0.29, 0.717) is 5.88 Å². The summed E-state index contributed by atoms with van der Waals surface area (Å²) < 4.78 is 7.87. The highest BCUT2D eigenvalue weighted by Gasteiger charge is 2.13. The Morgan fingerprint density at radius 1 is 1.29 bits per heavy atom. The van der Waals surface area contributed by atoms with Gasteiger partial charge < -0.3 is 10.1 Å². The molecule has 0 aliphatic rings. The molecule has 0 spiro atoms. The van der Waals surface area contributed by atoms with Crippen LogP contribution in [0.4, 0.5) is 0 Å². The number of hydrogen-bond acceptors (Lipinski definition) is 3. The van der Waals surface area contributed by atoms with Crippen LogP contribution in [-0.2, 0) is 0 Å². The molecule has 0 saturated heterocycles. The van der Waals surface area contributed by atoms with E-state index in [0.717, 1.165) is 33.2 Å². The monoisotopic (exact) mass is 412 g/mol. The van der Waals surface area contributed by atoms with Gasteiger partial charge in [-0.1, -0.05) is 28.9 Å². The van der Waals surface area contributed by atoms with Crippen LogP contribution >= 0.6 is 31.9 Å². The number of nitrogens with one attached hydrogen (secondary N) is 1. The molecule has 1 aromatic heterocycles. The quantitative estimate of drug-likeness (QED) is 0.682. The molecule has 5 heteroatoms. The fourth-order valence-corrected chi connectivity index (χ4v) is 3.08. The van der Waals surface area contributed by atoms with Crippen molar-refractivity contribution in [2.45, 2.75) is 26.3 Å². The Balaban J connectivity index is 2.23. The smallest absolute Gasteiger partial charge is 0.224 e. The van der Waals surface area contributed by atoms with Gasteiger partial charge in [0, 0.05) is 22.3 Å². The Hall–Kier alpha value is -0.910. The van der Waals surface area contributed by atoms with Crippen molar-refractivity contribution in [2.24, 2.45) is 0 Å². The highest BCUT2D eigenvalue weighted by atomic mass is 79.9. The molecule has 0 fully saturated rings. The highest BCUT2D eigenvalue weighted by molar-refractivity contribution is 9.11. The molecule has 3 nitrogen and oxygen atoms in total. The van der Waals surface area contributed by atoms with Crippen molar-refractivity contribution >= 4 is 31.9 Å². The molecule has 2 rings (SSSR count). The fraction of sp³-hybridized carbons (Fsp3) is 0.312. The van der Waals surface area contributed by atoms with E-state index in [1.807, 2.05) is 30.3 Å². The second kappa shape index (κ2) is 7.92. The third kappa shape index (κ3) is 4.53. The highest BCUT2D eigenvalue weighted by Crippen LogP contribution is 2.33. The number of rotatable bonds is 6. The lowest BCUT2D eigenvalue weighted by Gasteiger charge is -2.17. The summed E-state index contributed by atoms with van der Waals surface area (Å²) in [5.41, 5.74) is 1.06. The third-order valence-corrected chi connectivity index (χ3v) is 4.18. The maximum atomic E-state index is 5.98. The van der Waals surface area contributed by atoms with Gasteiger partial charge >= 0.3 is 0 Å². The van der Waals surface area contributed by atoms with E-state index in [9.17, 15) is 0 Å². The standard InChI is InChI=1S/C16H18Br2N2O/c1-3-8-19-11(2)13-5-4-9-20-16(13)21-15-7-6-12(17)10-14(15)18/h4-7,9-11,19H,3,8H2,1-2H3. The van der Waals surface area contributed by atoms with Gasteiger partial charge in [-0.15, -0.1) is 0 Å². The molecule has 112 valence electrons. The van der Waals surface area contributed by atoms with Gasteiger partial charge in [0.2, 0.25) is 5.88 Å².